The number of aromatic nitrogens is 20. The smallest absolute Gasteiger partial charge is 0.292 e. The highest BCUT2D eigenvalue weighted by Gasteiger charge is 2.16. The third-order valence-electron chi connectivity index (χ3n) is 7.52. The van der Waals surface area contributed by atoms with E-state index in [1.165, 1.54) is 0 Å². The van der Waals surface area contributed by atoms with Gasteiger partial charge in [-0.2, -0.15) is 29.3 Å². The van der Waals surface area contributed by atoms with Gasteiger partial charge in [0.2, 0.25) is 23.8 Å². The van der Waals surface area contributed by atoms with Gasteiger partial charge in [-0.05, 0) is 25.7 Å². The molecule has 4 aliphatic rings. The van der Waals surface area contributed by atoms with Crippen molar-refractivity contribution in [1.82, 2.24) is 122 Å². The number of amidine groups is 4. The molecule has 0 aromatic carbocycles. The number of rotatable bonds is 0. The molecule has 0 aliphatic carbocycles. The van der Waals surface area contributed by atoms with Crippen LogP contribution in [0.25, 0.3) is 11.9 Å². The number of nitrogen functional groups attached to an aromatic ring is 2. The van der Waals surface area contributed by atoms with Gasteiger partial charge in [-0.25, -0.2) is 10.2 Å². The van der Waals surface area contributed by atoms with Crippen LogP contribution in [-0.4, -0.2) is 124 Å². The van der Waals surface area contributed by atoms with E-state index < -0.39 is 0 Å². The van der Waals surface area contributed by atoms with E-state index in [1.807, 2.05) is 0 Å². The maximum Gasteiger partial charge on any atom is 0.292 e. The summed E-state index contributed by atoms with van der Waals surface area (Å²) in [5, 5.41) is 91.6. The number of aromatic amines is 2. The van der Waals surface area contributed by atoms with Crippen LogP contribution in [0.5, 0.6) is 0 Å². The van der Waals surface area contributed by atoms with Crippen LogP contribution in [0.1, 0.15) is 51.4 Å². The molecule has 0 radical (unpaired) electrons. The number of hydrazine groups is 4. The zero-order valence-electron chi connectivity index (χ0n) is 30.9. The van der Waals surface area contributed by atoms with Crippen molar-refractivity contribution < 1.29 is 0 Å². The minimum absolute atomic E-state index is 0.0250. The van der Waals surface area contributed by atoms with Gasteiger partial charge < -0.3 is 11.5 Å². The highest BCUT2D eigenvalue weighted by Crippen LogP contribution is 2.13. The molecular weight excluding hydrogens is 793 g/mol. The van der Waals surface area contributed by atoms with E-state index in [9.17, 15) is 0 Å². The Bertz CT molecular complexity index is 2230. The molecule has 0 saturated carbocycles. The van der Waals surface area contributed by atoms with Gasteiger partial charge in [0, 0.05) is 25.7 Å². The second kappa shape index (κ2) is 18.1. The minimum atomic E-state index is -0.0809. The number of hydrogen-bond acceptors (Lipinski definition) is 28. The first-order chi connectivity index (χ1) is 29.1. The molecule has 6 aromatic rings. The van der Waals surface area contributed by atoms with Gasteiger partial charge in [0.1, 0.15) is 23.3 Å². The Morgan fingerprint density at radius 2 is 0.733 bits per heavy atom. The molecular formula is C24H36N36. The summed E-state index contributed by atoms with van der Waals surface area (Å²) in [6.45, 7) is 0. The highest BCUT2D eigenvalue weighted by atomic mass is 15.6. The number of nitrogens with zero attached hydrogens (tertiary/aromatic N) is 18. The first-order valence-corrected chi connectivity index (χ1v) is 17.5. The van der Waals surface area contributed by atoms with E-state index in [2.05, 4.69) is 145 Å². The maximum absolute atomic E-state index is 8.20. The number of hydrogen-bond donors (Lipinski definition) is 18. The van der Waals surface area contributed by atoms with Gasteiger partial charge in [-0.15, -0.1) is 61.2 Å². The molecule has 0 atom stereocenters. The van der Waals surface area contributed by atoms with Gasteiger partial charge in [0.25, 0.3) is 47.6 Å². The van der Waals surface area contributed by atoms with Crippen molar-refractivity contribution in [1.29, 1.82) is 21.6 Å². The summed E-state index contributed by atoms with van der Waals surface area (Å²) < 4.78 is 2.20. The van der Waals surface area contributed by atoms with Crippen LogP contribution >= 0.6 is 0 Å². The third-order valence-corrected chi connectivity index (χ3v) is 7.52. The lowest BCUT2D eigenvalue weighted by molar-refractivity contribution is 0.736. The normalized spacial score (nSPS) is 15.1. The predicted molar refractivity (Wildman–Crippen MR) is 208 cm³/mol. The quantitative estimate of drug-likeness (QED) is 0.0741. The Balaban J connectivity index is 0.952. The second-order valence-corrected chi connectivity index (χ2v) is 12.1. The average Bonchev–Trinajstić information content (AvgIpc) is 4.06. The van der Waals surface area contributed by atoms with E-state index in [4.69, 9.17) is 33.1 Å². The molecule has 0 fully saturated rings. The largest absolute Gasteiger partial charge is 0.368 e. The molecule has 312 valence electrons. The monoisotopic (exact) mass is 828 g/mol. The van der Waals surface area contributed by atoms with E-state index in [-0.39, 0.29) is 94.7 Å². The first-order valence-electron chi connectivity index (χ1n) is 17.5. The fourth-order valence-corrected chi connectivity index (χ4v) is 4.71. The molecule has 10 heterocycles. The summed E-state index contributed by atoms with van der Waals surface area (Å²) in [6.07, 6.45) is 3.79. The molecule has 36 nitrogen and oxygen atoms in total. The van der Waals surface area contributed by atoms with Crippen LogP contribution in [-0.2, 0) is 0 Å². The van der Waals surface area contributed by atoms with E-state index in [0.29, 0.717) is 51.4 Å². The second-order valence-electron chi connectivity index (χ2n) is 12.1. The van der Waals surface area contributed by atoms with Crippen molar-refractivity contribution >= 4 is 82.8 Å². The molecule has 0 amide bonds. The Morgan fingerprint density at radius 3 is 1.08 bits per heavy atom. The molecule has 10 rings (SSSR count). The van der Waals surface area contributed by atoms with E-state index >= 15 is 0 Å². The molecule has 20 N–H and O–H groups in total. The van der Waals surface area contributed by atoms with Crippen molar-refractivity contribution in [2.24, 2.45) is 0 Å². The number of nitrogens with one attached hydrogen (secondary N) is 16. The molecule has 6 aromatic heterocycles. The maximum atomic E-state index is 8.20. The summed E-state index contributed by atoms with van der Waals surface area (Å²) in [5.74, 6) is 0.868. The molecule has 36 heteroatoms. The molecule has 4 aliphatic heterocycles. The fraction of sp³-hybridized carbons (Fsp3) is 0.333. The summed E-state index contributed by atoms with van der Waals surface area (Å²) >= 11 is 0. The number of anilines is 10. The van der Waals surface area contributed by atoms with Crippen molar-refractivity contribution in [2.45, 2.75) is 51.4 Å². The Kier molecular flexibility index (Phi) is 11.8. The average molecular weight is 829 g/mol. The van der Waals surface area contributed by atoms with Gasteiger partial charge in [0.05, 0.1) is 0 Å². The van der Waals surface area contributed by atoms with Crippen molar-refractivity contribution in [2.75, 3.05) is 43.8 Å². The topological polar surface area (TPSA) is 515 Å². The SMILES string of the molecule is N=C1CCCCC(=N)NNc2nc(N)n(n2)-c2nnc(nn2)Nc2nc(n[nH]2)NNC(=N)CCCCC(=N)NNc2nc(N)n(n2)-c2nnc(nn2)Nc2nc(n[nH]2)NN1. The Labute approximate surface area is 333 Å². The lowest BCUT2D eigenvalue weighted by Gasteiger charge is -2.09. The van der Waals surface area contributed by atoms with Gasteiger partial charge in [-0.1, -0.05) is 0 Å². The summed E-state index contributed by atoms with van der Waals surface area (Å²) in [4.78, 5) is 16.5. The van der Waals surface area contributed by atoms with Crippen molar-refractivity contribution in [3.63, 3.8) is 0 Å². The zero-order chi connectivity index (χ0) is 41.8. The molecule has 12 bridgehead atoms. The lowest BCUT2D eigenvalue weighted by atomic mass is 10.2. The fourth-order valence-electron chi connectivity index (χ4n) is 4.71. The predicted octanol–water partition coefficient (Wildman–Crippen LogP) is -2.69. The van der Waals surface area contributed by atoms with Crippen LogP contribution in [0.15, 0.2) is 0 Å². The van der Waals surface area contributed by atoms with Crippen molar-refractivity contribution in [3.8, 4) is 11.9 Å². The van der Waals surface area contributed by atoms with E-state index in [1.54, 1.807) is 0 Å². The van der Waals surface area contributed by atoms with Crippen LogP contribution in [0, 0.1) is 21.6 Å². The molecule has 60 heavy (non-hydrogen) atoms. The summed E-state index contributed by atoms with van der Waals surface area (Å²) in [7, 11) is 0. The lowest BCUT2D eigenvalue weighted by Crippen LogP contribution is -2.30. The third kappa shape index (κ3) is 10.5. The van der Waals surface area contributed by atoms with Gasteiger partial charge in [-0.3, -0.25) is 75.7 Å². The molecule has 0 unspecified atom stereocenters. The van der Waals surface area contributed by atoms with Crippen molar-refractivity contribution in [3.05, 3.63) is 0 Å². The standard InChI is InChI=1S/C24H36N36/c25-9-5-1-3-7-11(27)39-51-21-31-13(29)59(57-21)23-53-49-20(50-54-23)36-16-34-18(46-42-16)44-38-10(26)6-2-4-8-12(28)40-52-22-32-14(30)60(58-22)24-55-47-19(48-56-24)35-15-33-17(43-37-9)45-41-15/h1-8H2,(H2,25,37)(H2,26,38)(H2,27,39)(H2,28,40)(H3,29,31,51,57)(H3,30,32,52,58)(H3,33,35,41,43,45,47,48)(H3,34,36,42,44,46,49,50). The summed E-state index contributed by atoms with van der Waals surface area (Å²) in [5.41, 5.74) is 33.6. The van der Waals surface area contributed by atoms with Crippen LogP contribution < -0.4 is 65.5 Å². The molecule has 0 spiro atoms. The van der Waals surface area contributed by atoms with E-state index in [0.717, 1.165) is 9.36 Å². The number of H-pyrrole nitrogens is 2. The van der Waals surface area contributed by atoms with Gasteiger partial charge >= 0.3 is 0 Å². The van der Waals surface area contributed by atoms with Crippen LogP contribution in [0.2, 0.25) is 0 Å². The van der Waals surface area contributed by atoms with Crippen LogP contribution in [0.3, 0.4) is 0 Å². The molecule has 0 saturated heterocycles. The minimum Gasteiger partial charge on any atom is -0.368 e. The first kappa shape index (κ1) is 39.0. The van der Waals surface area contributed by atoms with Gasteiger partial charge in [0.15, 0.2) is 0 Å². The zero-order valence-corrected chi connectivity index (χ0v) is 30.9. The summed E-state index contributed by atoms with van der Waals surface area (Å²) in [6, 6.07) is 0. The van der Waals surface area contributed by atoms with Crippen LogP contribution in [0.4, 0.5) is 59.5 Å². The Morgan fingerprint density at radius 1 is 0.400 bits per heavy atom. The highest BCUT2D eigenvalue weighted by molar-refractivity contribution is 5.82. The Hall–Kier alpha value is -9.28. The number of nitrogens with two attached hydrogens (primary N) is 2.